The van der Waals surface area contributed by atoms with Crippen molar-refractivity contribution in [3.63, 3.8) is 0 Å². The monoisotopic (exact) mass is 485 g/mol. The van der Waals surface area contributed by atoms with Crippen LogP contribution < -0.4 is 10.6 Å². The first-order valence-corrected chi connectivity index (χ1v) is 10.7. The van der Waals surface area contributed by atoms with Gasteiger partial charge >= 0.3 is 6.18 Å². The van der Waals surface area contributed by atoms with Crippen molar-refractivity contribution in [3.8, 4) is 11.6 Å². The van der Waals surface area contributed by atoms with E-state index in [1.807, 2.05) is 0 Å². The van der Waals surface area contributed by atoms with Crippen LogP contribution in [0.3, 0.4) is 0 Å². The summed E-state index contributed by atoms with van der Waals surface area (Å²) >= 11 is 0. The number of halogens is 3. The highest BCUT2D eigenvalue weighted by Gasteiger charge is 2.31. The summed E-state index contributed by atoms with van der Waals surface area (Å²) in [5, 5.41) is 9.43. The number of hydrogen-bond donors (Lipinski definition) is 3. The predicted octanol–water partition coefficient (Wildman–Crippen LogP) is 3.79. The zero-order chi connectivity index (χ0) is 24.7. The van der Waals surface area contributed by atoms with Crippen LogP contribution >= 0.6 is 0 Å². The van der Waals surface area contributed by atoms with E-state index in [2.05, 4.69) is 35.7 Å². The highest BCUT2D eigenvalue weighted by molar-refractivity contribution is 5.97. The first-order valence-electron chi connectivity index (χ1n) is 10.7. The van der Waals surface area contributed by atoms with Gasteiger partial charge in [-0.2, -0.15) is 13.2 Å². The quantitative estimate of drug-likeness (QED) is 0.400. The molecule has 2 amide bonds. The van der Waals surface area contributed by atoms with Crippen LogP contribution in [0.15, 0.2) is 35.1 Å². The maximum absolute atomic E-state index is 13.0. The van der Waals surface area contributed by atoms with Crippen molar-refractivity contribution in [3.05, 3.63) is 53.1 Å². The normalized spacial score (nSPS) is 14.8. The first kappa shape index (κ1) is 22.5. The van der Waals surface area contributed by atoms with Gasteiger partial charge in [0.2, 0.25) is 11.7 Å². The van der Waals surface area contributed by atoms with Crippen LogP contribution in [0.5, 0.6) is 0 Å². The molecule has 1 aliphatic rings. The van der Waals surface area contributed by atoms with Crippen molar-refractivity contribution in [1.29, 1.82) is 0 Å². The molecule has 35 heavy (non-hydrogen) atoms. The van der Waals surface area contributed by atoms with Crippen LogP contribution in [0.25, 0.3) is 22.6 Å². The minimum Gasteiger partial charge on any atom is -0.353 e. The van der Waals surface area contributed by atoms with Crippen LogP contribution in [0, 0.1) is 0 Å². The lowest BCUT2D eigenvalue weighted by molar-refractivity contribution is -0.137. The van der Waals surface area contributed by atoms with Crippen molar-refractivity contribution in [1.82, 2.24) is 30.4 Å². The molecule has 0 saturated heterocycles. The van der Waals surface area contributed by atoms with Crippen molar-refractivity contribution in [2.75, 3.05) is 5.32 Å². The lowest BCUT2D eigenvalue weighted by Crippen LogP contribution is -2.29. The maximum Gasteiger partial charge on any atom is 0.416 e. The zero-order valence-corrected chi connectivity index (χ0v) is 18.2. The summed E-state index contributed by atoms with van der Waals surface area (Å²) in [5.74, 6) is 0.0818. The number of rotatable bonds is 4. The van der Waals surface area contributed by atoms with Crippen LogP contribution in [-0.2, 0) is 17.4 Å². The van der Waals surface area contributed by atoms with Crippen LogP contribution in [0.1, 0.15) is 53.1 Å². The SMILES string of the molecule is C[C@@H](NC(=O)c1ncnc2c1CCCC(=O)N2)c1cc(-c2nc3ccc(C(F)(F)F)cc3[nH]2)on1. The van der Waals surface area contributed by atoms with Crippen molar-refractivity contribution in [2.24, 2.45) is 0 Å². The molecule has 4 heterocycles. The zero-order valence-electron chi connectivity index (χ0n) is 18.2. The Morgan fingerprint density at radius 3 is 2.83 bits per heavy atom. The van der Waals surface area contributed by atoms with Crippen LogP contribution in [0.2, 0.25) is 0 Å². The number of carbonyl (C=O) groups is 2. The Labute approximate surface area is 195 Å². The van der Waals surface area contributed by atoms with Gasteiger partial charge in [0.25, 0.3) is 5.91 Å². The van der Waals surface area contributed by atoms with E-state index >= 15 is 0 Å². The fourth-order valence-corrected chi connectivity index (χ4v) is 3.82. The molecule has 10 nitrogen and oxygen atoms in total. The molecule has 0 saturated carbocycles. The second kappa shape index (κ2) is 8.49. The molecule has 1 aliphatic heterocycles. The molecule has 3 aromatic heterocycles. The highest BCUT2D eigenvalue weighted by atomic mass is 19.4. The topological polar surface area (TPSA) is 139 Å². The van der Waals surface area contributed by atoms with Gasteiger partial charge in [-0.1, -0.05) is 5.16 Å². The Morgan fingerprint density at radius 1 is 1.20 bits per heavy atom. The Balaban J connectivity index is 1.35. The van der Waals surface area contributed by atoms with Gasteiger partial charge in [-0.25, -0.2) is 15.0 Å². The Morgan fingerprint density at radius 2 is 2.03 bits per heavy atom. The van der Waals surface area contributed by atoms with E-state index in [0.29, 0.717) is 41.9 Å². The molecular formula is C22H18F3N7O3. The molecule has 0 bridgehead atoms. The molecule has 0 spiro atoms. The van der Waals surface area contributed by atoms with E-state index in [1.165, 1.54) is 18.5 Å². The molecular weight excluding hydrogens is 467 g/mol. The molecule has 1 aromatic carbocycles. The number of aromatic nitrogens is 5. The number of imidazole rings is 1. The number of nitrogens with one attached hydrogen (secondary N) is 3. The van der Waals surface area contributed by atoms with Crippen LogP contribution in [-0.4, -0.2) is 36.9 Å². The highest BCUT2D eigenvalue weighted by Crippen LogP contribution is 2.32. The lowest BCUT2D eigenvalue weighted by Gasteiger charge is -2.13. The number of amides is 2. The van der Waals surface area contributed by atoms with Gasteiger partial charge in [0.1, 0.15) is 23.5 Å². The standard InChI is InChI=1S/C22H18F3N7O3/c1-10(28-21(34)18-12-3-2-4-17(33)31-19(12)27-9-26-18)14-8-16(35-32-14)20-29-13-6-5-11(22(23,24)25)7-15(13)30-20/h5-10H,2-4H2,1H3,(H,28,34)(H,29,30)(H,26,27,31,33)/t10-/m1/s1. The minimum atomic E-state index is -4.47. The average Bonchev–Trinajstić information content (AvgIpc) is 3.41. The minimum absolute atomic E-state index is 0.158. The summed E-state index contributed by atoms with van der Waals surface area (Å²) < 4.78 is 44.2. The van der Waals surface area contributed by atoms with Crippen LogP contribution in [0.4, 0.5) is 19.0 Å². The second-order valence-corrected chi connectivity index (χ2v) is 8.08. The number of carbonyl (C=O) groups excluding carboxylic acids is 2. The fourth-order valence-electron chi connectivity index (χ4n) is 3.82. The van der Waals surface area contributed by atoms with Gasteiger partial charge in [-0.3, -0.25) is 9.59 Å². The fraction of sp³-hybridized carbons (Fsp3) is 0.273. The summed E-state index contributed by atoms with van der Waals surface area (Å²) in [5.41, 5.74) is 0.833. The predicted molar refractivity (Wildman–Crippen MR) is 116 cm³/mol. The molecule has 0 aliphatic carbocycles. The summed E-state index contributed by atoms with van der Waals surface area (Å²) in [6.07, 6.45) is -1.89. The molecule has 1 atom stereocenters. The molecule has 0 unspecified atom stereocenters. The Bertz CT molecular complexity index is 1440. The number of fused-ring (bicyclic) bond motifs is 2. The Hall–Kier alpha value is -4.29. The summed E-state index contributed by atoms with van der Waals surface area (Å²) in [4.78, 5) is 39.9. The summed E-state index contributed by atoms with van der Waals surface area (Å²) in [6.45, 7) is 1.69. The molecule has 4 aromatic rings. The summed E-state index contributed by atoms with van der Waals surface area (Å²) in [6, 6.07) is 4.14. The lowest BCUT2D eigenvalue weighted by atomic mass is 10.1. The van der Waals surface area contributed by atoms with Gasteiger partial charge in [0.15, 0.2) is 5.82 Å². The first-order chi connectivity index (χ1) is 16.7. The van der Waals surface area contributed by atoms with Gasteiger partial charge in [-0.15, -0.1) is 0 Å². The van der Waals surface area contributed by atoms with Crippen molar-refractivity contribution in [2.45, 2.75) is 38.4 Å². The number of benzene rings is 1. The second-order valence-electron chi connectivity index (χ2n) is 8.08. The summed E-state index contributed by atoms with van der Waals surface area (Å²) in [7, 11) is 0. The van der Waals surface area contributed by atoms with E-state index in [9.17, 15) is 22.8 Å². The number of anilines is 1. The average molecular weight is 485 g/mol. The van der Waals surface area contributed by atoms with Gasteiger partial charge < -0.3 is 20.1 Å². The van der Waals surface area contributed by atoms with Gasteiger partial charge in [0.05, 0.1) is 22.6 Å². The third-order valence-electron chi connectivity index (χ3n) is 5.61. The van der Waals surface area contributed by atoms with E-state index in [-0.39, 0.29) is 28.7 Å². The number of hydrogen-bond acceptors (Lipinski definition) is 7. The molecule has 0 radical (unpaired) electrons. The molecule has 0 fully saturated rings. The third kappa shape index (κ3) is 4.44. The van der Waals surface area contributed by atoms with E-state index in [4.69, 9.17) is 4.52 Å². The Kier molecular flexibility index (Phi) is 5.46. The van der Waals surface area contributed by atoms with Gasteiger partial charge in [-0.05, 0) is 38.0 Å². The largest absolute Gasteiger partial charge is 0.416 e. The van der Waals surface area contributed by atoms with E-state index in [0.717, 1.165) is 12.1 Å². The van der Waals surface area contributed by atoms with E-state index in [1.54, 1.807) is 6.92 Å². The van der Waals surface area contributed by atoms with Crippen molar-refractivity contribution >= 4 is 28.7 Å². The number of aromatic amines is 1. The van der Waals surface area contributed by atoms with Gasteiger partial charge in [0, 0.05) is 18.1 Å². The van der Waals surface area contributed by atoms with E-state index < -0.39 is 23.7 Å². The van der Waals surface area contributed by atoms with Crippen molar-refractivity contribution < 1.29 is 27.3 Å². The molecule has 5 rings (SSSR count). The molecule has 13 heteroatoms. The number of alkyl halides is 3. The third-order valence-corrected chi connectivity index (χ3v) is 5.61. The number of nitrogens with zero attached hydrogens (tertiary/aromatic N) is 4. The molecule has 180 valence electrons. The number of H-pyrrole nitrogens is 1. The molecule has 3 N–H and O–H groups in total. The smallest absolute Gasteiger partial charge is 0.353 e. The maximum atomic E-state index is 13.0.